The number of aryl methyl sites for hydroxylation is 1. The Labute approximate surface area is 182 Å². The quantitative estimate of drug-likeness (QED) is 0.361. The van der Waals surface area contributed by atoms with Gasteiger partial charge in [0.1, 0.15) is 11.1 Å². The molecule has 3 aromatic carbocycles. The maximum atomic E-state index is 12.4. The first kappa shape index (κ1) is 19.0. The van der Waals surface area contributed by atoms with Crippen molar-refractivity contribution in [3.8, 4) is 11.5 Å². The van der Waals surface area contributed by atoms with Crippen LogP contribution in [0, 0.1) is 6.92 Å². The first-order valence-corrected chi connectivity index (χ1v) is 10.0. The number of hydrogen-bond acceptors (Lipinski definition) is 5. The number of oxazole rings is 1. The number of aromatic nitrogens is 1. The number of amides is 1. The lowest BCUT2D eigenvalue weighted by Crippen LogP contribution is -2.33. The maximum absolute atomic E-state index is 12.4. The van der Waals surface area contributed by atoms with E-state index in [4.69, 9.17) is 21.1 Å². The van der Waals surface area contributed by atoms with Crippen molar-refractivity contribution >= 4 is 51.0 Å². The smallest absolute Gasteiger partial charge is 0.293 e. The van der Waals surface area contributed by atoms with E-state index in [0.29, 0.717) is 11.5 Å². The minimum Gasteiger partial charge on any atom is -0.451 e. The molecule has 0 aliphatic heterocycles. The van der Waals surface area contributed by atoms with Crippen molar-refractivity contribution in [2.45, 2.75) is 6.92 Å². The molecule has 0 fully saturated rings. The van der Waals surface area contributed by atoms with Crippen LogP contribution in [0.3, 0.4) is 0 Å². The van der Waals surface area contributed by atoms with Gasteiger partial charge in [0.25, 0.3) is 5.91 Å². The molecule has 0 saturated heterocycles. The van der Waals surface area contributed by atoms with Crippen LogP contribution in [0.5, 0.6) is 0 Å². The normalized spacial score (nSPS) is 11.0. The third-order valence-corrected chi connectivity index (χ3v) is 5.01. The van der Waals surface area contributed by atoms with Gasteiger partial charge in [0, 0.05) is 16.6 Å². The Hall–Kier alpha value is -3.97. The molecule has 7 heteroatoms. The van der Waals surface area contributed by atoms with Crippen LogP contribution in [0.25, 0.3) is 33.5 Å². The molecule has 2 heterocycles. The molecule has 5 aromatic rings. The van der Waals surface area contributed by atoms with Crippen LogP contribution in [0.1, 0.15) is 16.1 Å². The Balaban J connectivity index is 1.26. The number of anilines is 1. The second kappa shape index (κ2) is 7.70. The zero-order valence-electron chi connectivity index (χ0n) is 16.5. The van der Waals surface area contributed by atoms with Gasteiger partial charge in [-0.1, -0.05) is 24.3 Å². The molecule has 0 spiro atoms. The van der Waals surface area contributed by atoms with E-state index in [1.54, 1.807) is 6.07 Å². The number of nitrogens with zero attached hydrogens (tertiary/aromatic N) is 1. The van der Waals surface area contributed by atoms with E-state index in [1.807, 2.05) is 73.7 Å². The predicted molar refractivity (Wildman–Crippen MR) is 124 cm³/mol. The molecule has 2 aromatic heterocycles. The average Bonchev–Trinajstić information content (AvgIpc) is 3.38. The molecule has 5 rings (SSSR count). The molecule has 0 aliphatic carbocycles. The fraction of sp³-hybridized carbons (Fsp3) is 0.0417. The highest BCUT2D eigenvalue weighted by molar-refractivity contribution is 7.80. The van der Waals surface area contributed by atoms with E-state index in [9.17, 15) is 4.79 Å². The van der Waals surface area contributed by atoms with Gasteiger partial charge in [0.05, 0.1) is 0 Å². The van der Waals surface area contributed by atoms with Crippen LogP contribution < -0.4 is 10.6 Å². The lowest BCUT2D eigenvalue weighted by Gasteiger charge is -2.08. The highest BCUT2D eigenvalue weighted by atomic mass is 32.1. The van der Waals surface area contributed by atoms with Crippen LogP contribution in [-0.4, -0.2) is 16.0 Å². The molecule has 152 valence electrons. The summed E-state index contributed by atoms with van der Waals surface area (Å²) in [5.41, 5.74) is 4.91. The zero-order chi connectivity index (χ0) is 21.4. The van der Waals surface area contributed by atoms with Crippen molar-refractivity contribution < 1.29 is 13.6 Å². The molecular formula is C24H17N3O3S. The topological polar surface area (TPSA) is 80.3 Å². The van der Waals surface area contributed by atoms with Crippen molar-refractivity contribution in [2.24, 2.45) is 0 Å². The van der Waals surface area contributed by atoms with E-state index in [0.717, 1.165) is 33.3 Å². The molecule has 2 N–H and O–H groups in total. The SMILES string of the molecule is Cc1ccc2nc(-c3ccc(NC(=S)NC(=O)c4cc5ccccc5o4)cc3)oc2c1. The lowest BCUT2D eigenvalue weighted by atomic mass is 10.2. The van der Waals surface area contributed by atoms with Crippen molar-refractivity contribution in [2.75, 3.05) is 5.32 Å². The van der Waals surface area contributed by atoms with Crippen LogP contribution >= 0.6 is 12.2 Å². The van der Waals surface area contributed by atoms with Gasteiger partial charge in [0.15, 0.2) is 16.5 Å². The number of nitrogens with one attached hydrogen (secondary N) is 2. The summed E-state index contributed by atoms with van der Waals surface area (Å²) in [6.45, 7) is 2.01. The van der Waals surface area contributed by atoms with Crippen molar-refractivity contribution in [3.63, 3.8) is 0 Å². The van der Waals surface area contributed by atoms with Gasteiger partial charge in [-0.15, -0.1) is 0 Å². The molecule has 6 nitrogen and oxygen atoms in total. The van der Waals surface area contributed by atoms with Crippen LogP contribution in [0.2, 0.25) is 0 Å². The van der Waals surface area contributed by atoms with E-state index in [2.05, 4.69) is 15.6 Å². The largest absolute Gasteiger partial charge is 0.451 e. The number of rotatable bonds is 3. The number of fused-ring (bicyclic) bond motifs is 2. The Morgan fingerprint density at radius 2 is 1.74 bits per heavy atom. The summed E-state index contributed by atoms with van der Waals surface area (Å²) in [5, 5.41) is 6.66. The summed E-state index contributed by atoms with van der Waals surface area (Å²) in [6.07, 6.45) is 0. The average molecular weight is 427 g/mol. The van der Waals surface area contributed by atoms with Gasteiger partial charge in [0.2, 0.25) is 5.89 Å². The first-order chi connectivity index (χ1) is 15.0. The van der Waals surface area contributed by atoms with E-state index < -0.39 is 5.91 Å². The molecule has 0 bridgehead atoms. The zero-order valence-corrected chi connectivity index (χ0v) is 17.3. The monoisotopic (exact) mass is 427 g/mol. The van der Waals surface area contributed by atoms with Crippen LogP contribution in [-0.2, 0) is 0 Å². The Kier molecular flexibility index (Phi) is 4.72. The van der Waals surface area contributed by atoms with Gasteiger partial charge < -0.3 is 14.2 Å². The van der Waals surface area contributed by atoms with E-state index in [1.165, 1.54) is 0 Å². The summed E-state index contributed by atoms with van der Waals surface area (Å²) < 4.78 is 11.4. The number of carbonyl (C=O) groups is 1. The fourth-order valence-corrected chi connectivity index (χ4v) is 3.48. The molecule has 31 heavy (non-hydrogen) atoms. The number of hydrogen-bond donors (Lipinski definition) is 2. The molecule has 0 saturated carbocycles. The number of thiocarbonyl (C=S) groups is 1. The van der Waals surface area contributed by atoms with Gasteiger partial charge in [-0.3, -0.25) is 10.1 Å². The van der Waals surface area contributed by atoms with Crippen molar-refractivity contribution in [1.82, 2.24) is 10.3 Å². The van der Waals surface area contributed by atoms with E-state index >= 15 is 0 Å². The minimum absolute atomic E-state index is 0.176. The molecule has 0 unspecified atom stereocenters. The van der Waals surface area contributed by atoms with Gasteiger partial charge in [-0.25, -0.2) is 4.98 Å². The summed E-state index contributed by atoms with van der Waals surface area (Å²) >= 11 is 5.26. The number of furan rings is 1. The number of carbonyl (C=O) groups excluding carboxylic acids is 1. The van der Waals surface area contributed by atoms with E-state index in [-0.39, 0.29) is 10.9 Å². The molecular weight excluding hydrogens is 410 g/mol. The van der Waals surface area contributed by atoms with Gasteiger partial charge >= 0.3 is 0 Å². The third kappa shape index (κ3) is 3.91. The second-order valence-corrected chi connectivity index (χ2v) is 7.53. The summed E-state index contributed by atoms with van der Waals surface area (Å²) in [4.78, 5) is 16.9. The highest BCUT2D eigenvalue weighted by Gasteiger charge is 2.14. The van der Waals surface area contributed by atoms with Gasteiger partial charge in [-0.05, 0) is 73.2 Å². The summed E-state index contributed by atoms with van der Waals surface area (Å²) in [6, 6.07) is 22.5. The minimum atomic E-state index is -0.410. The molecule has 0 radical (unpaired) electrons. The van der Waals surface area contributed by atoms with Gasteiger partial charge in [-0.2, -0.15) is 0 Å². The Bertz CT molecular complexity index is 1400. The summed E-state index contributed by atoms with van der Waals surface area (Å²) in [5.74, 6) is 0.340. The fourth-order valence-electron chi connectivity index (χ4n) is 3.27. The van der Waals surface area contributed by atoms with Crippen LogP contribution in [0.4, 0.5) is 5.69 Å². The molecule has 0 aliphatic rings. The predicted octanol–water partition coefficient (Wildman–Crippen LogP) is 5.68. The van der Waals surface area contributed by atoms with Crippen molar-refractivity contribution in [1.29, 1.82) is 0 Å². The summed E-state index contributed by atoms with van der Waals surface area (Å²) in [7, 11) is 0. The third-order valence-electron chi connectivity index (χ3n) is 4.81. The van der Waals surface area contributed by atoms with Crippen molar-refractivity contribution in [3.05, 3.63) is 84.1 Å². The number of benzene rings is 3. The second-order valence-electron chi connectivity index (χ2n) is 7.12. The Morgan fingerprint density at radius 1 is 0.935 bits per heavy atom. The highest BCUT2D eigenvalue weighted by Crippen LogP contribution is 2.26. The standard InChI is InChI=1S/C24H17N3O3S/c1-14-6-11-18-20(12-14)30-23(26-18)15-7-9-17(10-8-15)25-24(31)27-22(28)21-13-16-4-2-3-5-19(16)29-21/h2-13H,1H3,(H2,25,27,28,31). The number of para-hydroxylation sites is 1. The maximum Gasteiger partial charge on any atom is 0.293 e. The Morgan fingerprint density at radius 3 is 2.55 bits per heavy atom. The lowest BCUT2D eigenvalue weighted by molar-refractivity contribution is 0.0953. The van der Waals surface area contributed by atoms with Crippen LogP contribution in [0.15, 0.2) is 81.6 Å². The molecule has 0 atom stereocenters. The first-order valence-electron chi connectivity index (χ1n) is 9.64. The molecule has 1 amide bonds.